The highest BCUT2D eigenvalue weighted by Gasteiger charge is 2.62. The highest BCUT2D eigenvalue weighted by Crippen LogP contribution is 2.40. The number of esters is 2. The summed E-state index contributed by atoms with van der Waals surface area (Å²) in [5.41, 5.74) is -3.15. The molecule has 0 saturated carbocycles. The summed E-state index contributed by atoms with van der Waals surface area (Å²) < 4.78 is 50.2. The lowest BCUT2D eigenvalue weighted by molar-refractivity contribution is -0.267. The lowest BCUT2D eigenvalue weighted by atomic mass is 9.93. The molecule has 12 heteroatoms. The van der Waals surface area contributed by atoms with Crippen LogP contribution < -0.4 is 10.2 Å². The molecule has 1 aromatic carbocycles. The largest absolute Gasteiger partial charge is 0.463 e. The fourth-order valence-corrected chi connectivity index (χ4v) is 3.41. The van der Waals surface area contributed by atoms with Gasteiger partial charge in [0.05, 0.1) is 35.9 Å². The fourth-order valence-electron chi connectivity index (χ4n) is 3.41. The lowest BCUT2D eigenvalue weighted by Crippen LogP contribution is -2.50. The topological polar surface area (TPSA) is 118 Å². The van der Waals surface area contributed by atoms with Gasteiger partial charge in [0.15, 0.2) is 0 Å². The molecule has 196 valence electrons. The number of urea groups is 1. The summed E-state index contributed by atoms with van der Waals surface area (Å²) in [7, 11) is 0. The van der Waals surface area contributed by atoms with Crippen LogP contribution in [0.4, 0.5) is 29.3 Å². The van der Waals surface area contributed by atoms with Crippen LogP contribution in [-0.4, -0.2) is 54.0 Å². The van der Waals surface area contributed by atoms with Crippen LogP contribution in [0.2, 0.25) is 0 Å². The minimum atomic E-state index is -5.34. The molecule has 0 saturated heterocycles. The predicted molar refractivity (Wildman–Crippen MR) is 125 cm³/mol. The zero-order valence-electron chi connectivity index (χ0n) is 20.5. The van der Waals surface area contributed by atoms with Crippen molar-refractivity contribution in [3.8, 4) is 0 Å². The normalized spacial score (nSPS) is 12.9. The smallest absolute Gasteiger partial charge is 0.432 e. The molecule has 9 nitrogen and oxygen atoms in total. The molecule has 36 heavy (non-hydrogen) atoms. The number of halogens is 3. The van der Waals surface area contributed by atoms with Crippen LogP contribution in [0.25, 0.3) is 0 Å². The number of rotatable bonds is 8. The first-order valence-corrected chi connectivity index (χ1v) is 11.1. The van der Waals surface area contributed by atoms with E-state index < -0.39 is 35.3 Å². The average Bonchev–Trinajstić information content (AvgIpc) is 2.80. The van der Waals surface area contributed by atoms with E-state index in [9.17, 15) is 32.7 Å². The zero-order chi connectivity index (χ0) is 27.3. The van der Waals surface area contributed by atoms with Crippen molar-refractivity contribution >= 4 is 29.3 Å². The third kappa shape index (κ3) is 5.76. The maximum absolute atomic E-state index is 13.6. The van der Waals surface area contributed by atoms with Crippen molar-refractivity contribution in [1.29, 1.82) is 0 Å². The Kier molecular flexibility index (Phi) is 9.03. The first-order valence-electron chi connectivity index (χ1n) is 11.1. The molecule has 0 aliphatic rings. The van der Waals surface area contributed by atoms with E-state index >= 15 is 0 Å². The van der Waals surface area contributed by atoms with Gasteiger partial charge in [0.1, 0.15) is 0 Å². The SMILES string of the molecule is CCOC(=O)c1cc(NC(=O)N(CC)c2ccc([C@](O)(C(=O)OCC)C(F)(F)F)cc2)c(C)nc1C. The van der Waals surface area contributed by atoms with Crippen LogP contribution >= 0.6 is 0 Å². The average molecular weight is 511 g/mol. The van der Waals surface area contributed by atoms with Crippen LogP contribution in [0.5, 0.6) is 0 Å². The third-order valence-corrected chi connectivity index (χ3v) is 5.28. The van der Waals surface area contributed by atoms with E-state index in [0.717, 1.165) is 12.1 Å². The molecule has 0 fully saturated rings. The number of aryl methyl sites for hydroxylation is 2. The summed E-state index contributed by atoms with van der Waals surface area (Å²) in [6.45, 7) is 7.80. The number of amides is 2. The van der Waals surface area contributed by atoms with Gasteiger partial charge in [-0.3, -0.25) is 9.88 Å². The Labute approximate surface area is 206 Å². The van der Waals surface area contributed by atoms with Gasteiger partial charge in [-0.2, -0.15) is 13.2 Å². The van der Waals surface area contributed by atoms with Crippen molar-refractivity contribution in [3.63, 3.8) is 0 Å². The molecule has 2 aromatic rings. The molecule has 0 unspecified atom stereocenters. The highest BCUT2D eigenvalue weighted by atomic mass is 19.4. The molecule has 1 heterocycles. The van der Waals surface area contributed by atoms with Gasteiger partial charge in [0.25, 0.3) is 5.60 Å². The van der Waals surface area contributed by atoms with Gasteiger partial charge in [-0.15, -0.1) is 0 Å². The second-order valence-electron chi connectivity index (χ2n) is 7.62. The Bertz CT molecular complexity index is 1120. The molecule has 0 bridgehead atoms. The van der Waals surface area contributed by atoms with Crippen molar-refractivity contribution in [2.24, 2.45) is 0 Å². The maximum Gasteiger partial charge on any atom is 0.432 e. The zero-order valence-corrected chi connectivity index (χ0v) is 20.5. The van der Waals surface area contributed by atoms with E-state index in [1.807, 2.05) is 0 Å². The Balaban J connectivity index is 2.36. The quantitative estimate of drug-likeness (QED) is 0.509. The highest BCUT2D eigenvalue weighted by molar-refractivity contribution is 6.03. The number of carbonyl (C=O) groups excluding carboxylic acids is 3. The second kappa shape index (κ2) is 11.4. The molecule has 2 N–H and O–H groups in total. The summed E-state index contributed by atoms with van der Waals surface area (Å²) >= 11 is 0. The second-order valence-corrected chi connectivity index (χ2v) is 7.62. The van der Waals surface area contributed by atoms with E-state index in [-0.39, 0.29) is 36.7 Å². The Morgan fingerprint density at radius 2 is 1.58 bits per heavy atom. The Morgan fingerprint density at radius 3 is 2.08 bits per heavy atom. The number of alkyl halides is 3. The number of carbonyl (C=O) groups is 3. The number of pyridine rings is 1. The van der Waals surface area contributed by atoms with Gasteiger partial charge in [-0.25, -0.2) is 14.4 Å². The number of ether oxygens (including phenoxy) is 2. The van der Waals surface area contributed by atoms with Gasteiger partial charge in [0, 0.05) is 17.8 Å². The Hall–Kier alpha value is -3.67. The molecule has 1 atom stereocenters. The van der Waals surface area contributed by atoms with E-state index in [2.05, 4.69) is 15.0 Å². The summed E-state index contributed by atoms with van der Waals surface area (Å²) in [6.07, 6.45) is -5.34. The Morgan fingerprint density at radius 1 is 1.00 bits per heavy atom. The molecule has 2 amide bonds. The van der Waals surface area contributed by atoms with Gasteiger partial charge in [-0.05, 0) is 52.8 Å². The van der Waals surface area contributed by atoms with Crippen molar-refractivity contribution in [3.05, 3.63) is 52.8 Å². The molecule has 0 aliphatic heterocycles. The van der Waals surface area contributed by atoms with E-state index in [4.69, 9.17) is 4.74 Å². The number of hydrogen-bond donors (Lipinski definition) is 2. The molecule has 0 radical (unpaired) electrons. The maximum atomic E-state index is 13.6. The summed E-state index contributed by atoms with van der Waals surface area (Å²) in [5.74, 6) is -2.45. The van der Waals surface area contributed by atoms with Crippen LogP contribution in [0, 0.1) is 13.8 Å². The van der Waals surface area contributed by atoms with Crippen molar-refractivity contribution in [2.75, 3.05) is 30.0 Å². The van der Waals surface area contributed by atoms with Crippen molar-refractivity contribution < 1.29 is 42.1 Å². The number of nitrogens with one attached hydrogen (secondary N) is 1. The third-order valence-electron chi connectivity index (χ3n) is 5.28. The minimum absolute atomic E-state index is 0.121. The molecular weight excluding hydrogens is 483 g/mol. The number of aliphatic hydroxyl groups is 1. The van der Waals surface area contributed by atoms with Crippen molar-refractivity contribution in [2.45, 2.75) is 46.4 Å². The summed E-state index contributed by atoms with van der Waals surface area (Å²) in [6, 6.07) is 4.91. The number of aromatic nitrogens is 1. The predicted octanol–water partition coefficient (Wildman–Crippen LogP) is 4.25. The monoisotopic (exact) mass is 511 g/mol. The minimum Gasteiger partial charge on any atom is -0.463 e. The molecule has 1 aromatic heterocycles. The number of nitrogens with zero attached hydrogens (tertiary/aromatic N) is 2. The molecule has 0 spiro atoms. The van der Waals surface area contributed by atoms with Crippen LogP contribution in [-0.2, 0) is 19.9 Å². The number of benzene rings is 1. The number of hydrogen-bond acceptors (Lipinski definition) is 7. The molecular formula is C24H28F3N3O6. The van der Waals surface area contributed by atoms with Crippen LogP contribution in [0.15, 0.2) is 30.3 Å². The summed E-state index contributed by atoms with van der Waals surface area (Å²) in [5, 5.41) is 12.9. The molecule has 2 rings (SSSR count). The van der Waals surface area contributed by atoms with Crippen LogP contribution in [0.1, 0.15) is 48.1 Å². The van der Waals surface area contributed by atoms with Gasteiger partial charge < -0.3 is 19.9 Å². The number of anilines is 2. The van der Waals surface area contributed by atoms with Crippen LogP contribution in [0.3, 0.4) is 0 Å². The summed E-state index contributed by atoms with van der Waals surface area (Å²) in [4.78, 5) is 42.6. The first kappa shape index (κ1) is 28.6. The standard InChI is InChI=1S/C24H28F3N3O6/c1-6-30(22(33)29-19-13-18(20(31)35-7-2)14(4)28-15(19)5)17-11-9-16(10-12-17)23(34,24(25,26)27)21(32)36-8-3/h9-13,34H,6-8H2,1-5H3,(H,29,33)/t23-/m0/s1. The van der Waals surface area contributed by atoms with Gasteiger partial charge >= 0.3 is 24.1 Å². The lowest BCUT2D eigenvalue weighted by Gasteiger charge is -2.29. The first-order chi connectivity index (χ1) is 16.8. The fraction of sp³-hybridized carbons (Fsp3) is 0.417. The van der Waals surface area contributed by atoms with E-state index in [0.29, 0.717) is 11.4 Å². The molecule has 0 aliphatic carbocycles. The van der Waals surface area contributed by atoms with Gasteiger partial charge in [0.2, 0.25) is 0 Å². The van der Waals surface area contributed by atoms with Crippen molar-refractivity contribution in [1.82, 2.24) is 4.98 Å². The van der Waals surface area contributed by atoms with Gasteiger partial charge in [-0.1, -0.05) is 12.1 Å². The van der Waals surface area contributed by atoms with E-state index in [1.165, 1.54) is 30.0 Å². The van der Waals surface area contributed by atoms with E-state index in [1.54, 1.807) is 27.7 Å².